The molecule has 1 aromatic carbocycles. The minimum Gasteiger partial charge on any atom is -0.494 e. The monoisotopic (exact) mass is 270 g/mol. The molecule has 0 aliphatic heterocycles. The second kappa shape index (κ2) is 5.59. The Bertz CT molecular complexity index is 445. The van der Waals surface area contributed by atoms with Gasteiger partial charge in [-0.1, -0.05) is 0 Å². The van der Waals surface area contributed by atoms with Crippen LogP contribution in [0.3, 0.4) is 0 Å². The lowest BCUT2D eigenvalue weighted by Gasteiger charge is -2.13. The number of anilines is 1. The Balaban J connectivity index is 0.00000162. The van der Waals surface area contributed by atoms with E-state index in [4.69, 9.17) is 10.5 Å². The first-order valence-corrected chi connectivity index (χ1v) is 5.89. The number of nitrogens with one attached hydrogen (secondary N) is 1. The molecule has 4 nitrogen and oxygen atoms in total. The Kier molecular flexibility index (Phi) is 4.59. The molecule has 0 heterocycles. The molecule has 0 saturated heterocycles. The van der Waals surface area contributed by atoms with Gasteiger partial charge in [0.1, 0.15) is 5.75 Å². The zero-order valence-electron chi connectivity index (χ0n) is 10.7. The summed E-state index contributed by atoms with van der Waals surface area (Å²) in [5, 5.41) is 2.86. The van der Waals surface area contributed by atoms with Crippen molar-refractivity contribution < 1.29 is 9.53 Å². The normalized spacial score (nSPS) is 15.5. The fourth-order valence-electron chi connectivity index (χ4n) is 1.64. The third-order valence-corrected chi connectivity index (χ3v) is 3.00. The highest BCUT2D eigenvalue weighted by atomic mass is 35.5. The van der Waals surface area contributed by atoms with Crippen LogP contribution in [0.1, 0.15) is 25.3 Å². The van der Waals surface area contributed by atoms with Crippen molar-refractivity contribution in [2.75, 3.05) is 11.9 Å². The van der Waals surface area contributed by atoms with E-state index in [-0.39, 0.29) is 18.3 Å². The van der Waals surface area contributed by atoms with Gasteiger partial charge in [-0.2, -0.15) is 0 Å². The van der Waals surface area contributed by atoms with Crippen LogP contribution in [0.5, 0.6) is 5.75 Å². The minimum absolute atomic E-state index is 0. The van der Waals surface area contributed by atoms with E-state index in [0.717, 1.165) is 29.8 Å². The summed E-state index contributed by atoms with van der Waals surface area (Å²) in [5.41, 5.74) is 6.98. The van der Waals surface area contributed by atoms with Crippen molar-refractivity contribution in [2.45, 2.75) is 32.2 Å². The fourth-order valence-corrected chi connectivity index (χ4v) is 1.64. The average Bonchev–Trinajstić information content (AvgIpc) is 3.02. The van der Waals surface area contributed by atoms with Gasteiger partial charge >= 0.3 is 0 Å². The number of hydrogen-bond donors (Lipinski definition) is 2. The molecule has 1 aliphatic carbocycles. The zero-order chi connectivity index (χ0) is 12.5. The number of ether oxygens (including phenoxy) is 1. The molecule has 0 radical (unpaired) electrons. The van der Waals surface area contributed by atoms with Crippen LogP contribution in [-0.2, 0) is 4.79 Å². The molecule has 0 bridgehead atoms. The number of hydrogen-bond acceptors (Lipinski definition) is 3. The van der Waals surface area contributed by atoms with Crippen molar-refractivity contribution in [3.8, 4) is 5.75 Å². The van der Waals surface area contributed by atoms with Crippen LogP contribution in [0.25, 0.3) is 0 Å². The molecule has 100 valence electrons. The summed E-state index contributed by atoms with van der Waals surface area (Å²) in [5.74, 6) is 0.724. The summed E-state index contributed by atoms with van der Waals surface area (Å²) in [6.45, 7) is 4.52. The SMILES string of the molecule is CCOc1ccc(NC(=O)C2(N)CC2)c(C)c1.Cl. The van der Waals surface area contributed by atoms with Crippen molar-refractivity contribution in [1.29, 1.82) is 0 Å². The molecule has 0 atom stereocenters. The molecular weight excluding hydrogens is 252 g/mol. The molecule has 0 unspecified atom stereocenters. The molecule has 3 N–H and O–H groups in total. The number of amides is 1. The van der Waals surface area contributed by atoms with Crippen molar-refractivity contribution in [3.05, 3.63) is 23.8 Å². The summed E-state index contributed by atoms with van der Waals surface area (Å²) < 4.78 is 5.39. The number of aryl methyl sites for hydroxylation is 1. The standard InChI is InChI=1S/C13H18N2O2.ClH/c1-3-17-10-4-5-11(9(2)8-10)15-12(16)13(14)6-7-13;/h4-5,8H,3,6-7,14H2,1-2H3,(H,15,16);1H. The molecule has 1 amide bonds. The molecule has 0 spiro atoms. The molecule has 5 heteroatoms. The number of halogens is 1. The molecule has 1 fully saturated rings. The minimum atomic E-state index is -0.634. The highest BCUT2D eigenvalue weighted by Gasteiger charge is 2.46. The predicted molar refractivity (Wildman–Crippen MR) is 74.4 cm³/mol. The smallest absolute Gasteiger partial charge is 0.244 e. The lowest BCUT2D eigenvalue weighted by Crippen LogP contribution is -2.37. The van der Waals surface area contributed by atoms with Crippen molar-refractivity contribution in [2.24, 2.45) is 5.73 Å². The van der Waals surface area contributed by atoms with Gasteiger partial charge in [-0.05, 0) is 50.5 Å². The van der Waals surface area contributed by atoms with E-state index in [2.05, 4.69) is 5.32 Å². The number of carbonyl (C=O) groups excluding carboxylic acids is 1. The highest BCUT2D eigenvalue weighted by Crippen LogP contribution is 2.34. The molecule has 1 saturated carbocycles. The number of nitrogens with two attached hydrogens (primary N) is 1. The van der Waals surface area contributed by atoms with E-state index in [1.807, 2.05) is 32.0 Å². The first kappa shape index (κ1) is 14.8. The first-order chi connectivity index (χ1) is 8.05. The van der Waals surface area contributed by atoms with Gasteiger partial charge in [0.05, 0.1) is 12.1 Å². The third-order valence-electron chi connectivity index (χ3n) is 3.00. The van der Waals surface area contributed by atoms with E-state index in [0.29, 0.717) is 6.61 Å². The maximum atomic E-state index is 11.8. The van der Waals surface area contributed by atoms with Gasteiger partial charge in [0.2, 0.25) is 5.91 Å². The zero-order valence-corrected chi connectivity index (χ0v) is 11.5. The van der Waals surface area contributed by atoms with Crippen LogP contribution < -0.4 is 15.8 Å². The van der Waals surface area contributed by atoms with Crippen molar-refractivity contribution >= 4 is 24.0 Å². The van der Waals surface area contributed by atoms with Crippen LogP contribution in [-0.4, -0.2) is 18.1 Å². The Hall–Kier alpha value is -1.26. The maximum Gasteiger partial charge on any atom is 0.244 e. The van der Waals surface area contributed by atoms with Gasteiger partial charge in [-0.15, -0.1) is 12.4 Å². The predicted octanol–water partition coefficient (Wildman–Crippen LogP) is 2.25. The van der Waals surface area contributed by atoms with E-state index in [9.17, 15) is 4.79 Å². The third kappa shape index (κ3) is 3.15. The number of rotatable bonds is 4. The van der Waals surface area contributed by atoms with Gasteiger partial charge in [0.25, 0.3) is 0 Å². The second-order valence-corrected chi connectivity index (χ2v) is 4.52. The number of benzene rings is 1. The molecule has 18 heavy (non-hydrogen) atoms. The quantitative estimate of drug-likeness (QED) is 0.882. The van der Waals surface area contributed by atoms with Gasteiger partial charge < -0.3 is 15.8 Å². The van der Waals surface area contributed by atoms with Crippen LogP contribution in [0.4, 0.5) is 5.69 Å². The Labute approximate surface area is 113 Å². The average molecular weight is 271 g/mol. The molecule has 2 rings (SSSR count). The maximum absolute atomic E-state index is 11.8. The molecular formula is C13H19ClN2O2. The Morgan fingerprint density at radius 2 is 2.17 bits per heavy atom. The van der Waals surface area contributed by atoms with Crippen molar-refractivity contribution in [1.82, 2.24) is 0 Å². The van der Waals surface area contributed by atoms with E-state index in [1.165, 1.54) is 0 Å². The summed E-state index contributed by atoms with van der Waals surface area (Å²) in [6.07, 6.45) is 1.55. The van der Waals surface area contributed by atoms with Gasteiger partial charge in [0.15, 0.2) is 0 Å². The molecule has 1 aromatic rings. The topological polar surface area (TPSA) is 64.3 Å². The number of carbonyl (C=O) groups is 1. The Morgan fingerprint density at radius 1 is 1.50 bits per heavy atom. The van der Waals surface area contributed by atoms with Crippen LogP contribution in [0, 0.1) is 6.92 Å². The van der Waals surface area contributed by atoms with Gasteiger partial charge in [-0.3, -0.25) is 4.79 Å². The largest absolute Gasteiger partial charge is 0.494 e. The van der Waals surface area contributed by atoms with E-state index >= 15 is 0 Å². The van der Waals surface area contributed by atoms with Crippen molar-refractivity contribution in [3.63, 3.8) is 0 Å². The van der Waals surface area contributed by atoms with Crippen LogP contribution in [0.2, 0.25) is 0 Å². The van der Waals surface area contributed by atoms with Gasteiger partial charge in [0, 0.05) is 5.69 Å². The summed E-state index contributed by atoms with van der Waals surface area (Å²) >= 11 is 0. The van der Waals surface area contributed by atoms with Crippen LogP contribution in [0.15, 0.2) is 18.2 Å². The van der Waals surface area contributed by atoms with E-state index < -0.39 is 5.54 Å². The Morgan fingerprint density at radius 3 is 2.67 bits per heavy atom. The van der Waals surface area contributed by atoms with Crippen LogP contribution >= 0.6 is 12.4 Å². The second-order valence-electron chi connectivity index (χ2n) is 4.52. The van der Waals surface area contributed by atoms with Gasteiger partial charge in [-0.25, -0.2) is 0 Å². The summed E-state index contributed by atoms with van der Waals surface area (Å²) in [4.78, 5) is 11.8. The molecule has 0 aromatic heterocycles. The molecule has 1 aliphatic rings. The lowest BCUT2D eigenvalue weighted by molar-refractivity contribution is -0.118. The first-order valence-electron chi connectivity index (χ1n) is 5.89. The summed E-state index contributed by atoms with van der Waals surface area (Å²) in [7, 11) is 0. The highest BCUT2D eigenvalue weighted by molar-refractivity contribution is 6.00. The summed E-state index contributed by atoms with van der Waals surface area (Å²) in [6, 6.07) is 5.61. The lowest BCUT2D eigenvalue weighted by atomic mass is 10.1. The van der Waals surface area contributed by atoms with E-state index in [1.54, 1.807) is 0 Å². The fraction of sp³-hybridized carbons (Fsp3) is 0.462.